The van der Waals surface area contributed by atoms with Gasteiger partial charge in [-0.25, -0.2) is 0 Å². The molecule has 0 saturated carbocycles. The molecule has 0 radical (unpaired) electrons. The first-order chi connectivity index (χ1) is 7.40. The number of pyridine rings is 1. The molecule has 0 unspecified atom stereocenters. The lowest BCUT2D eigenvalue weighted by Crippen LogP contribution is -2.51. The maximum atomic E-state index is 5.46. The number of thioether (sulfide) groups is 1. The number of quaternary nitrogens is 1. The Labute approximate surface area is 91.1 Å². The number of aromatic nitrogens is 3. The topological polar surface area (TPSA) is 79.5 Å². The van der Waals surface area contributed by atoms with Crippen molar-refractivity contribution in [3.05, 3.63) is 24.5 Å². The van der Waals surface area contributed by atoms with Crippen molar-refractivity contribution in [3.63, 3.8) is 0 Å². The van der Waals surface area contributed by atoms with Gasteiger partial charge in [0, 0.05) is 18.0 Å². The first kappa shape index (κ1) is 10.1. The van der Waals surface area contributed by atoms with E-state index < -0.39 is 0 Å². The summed E-state index contributed by atoms with van der Waals surface area (Å²) in [5, 5.41) is 8.47. The summed E-state index contributed by atoms with van der Waals surface area (Å²) in [5.41, 5.74) is 4.63. The summed E-state index contributed by atoms with van der Waals surface area (Å²) in [6.45, 7) is 0.845. The molecule has 2 heterocycles. The lowest BCUT2D eigenvalue weighted by molar-refractivity contribution is -0.360. The van der Waals surface area contributed by atoms with E-state index in [0.29, 0.717) is 11.1 Å². The zero-order chi connectivity index (χ0) is 10.5. The van der Waals surface area contributed by atoms with Crippen LogP contribution in [0.5, 0.6) is 0 Å². The SMILES string of the molecule is [NH3+]CCSc1nnc(-c2ccncc2)o1. The Morgan fingerprint density at radius 2 is 2.07 bits per heavy atom. The molecule has 0 amide bonds. The highest BCUT2D eigenvalue weighted by molar-refractivity contribution is 7.99. The fourth-order valence-corrected chi connectivity index (χ4v) is 1.59. The normalized spacial score (nSPS) is 10.5. The van der Waals surface area contributed by atoms with Gasteiger partial charge in [-0.2, -0.15) is 0 Å². The summed E-state index contributed by atoms with van der Waals surface area (Å²) in [7, 11) is 0. The van der Waals surface area contributed by atoms with Gasteiger partial charge in [-0.05, 0) is 12.1 Å². The van der Waals surface area contributed by atoms with Crippen LogP contribution >= 0.6 is 11.8 Å². The molecule has 3 N–H and O–H groups in total. The highest BCUT2D eigenvalue weighted by Crippen LogP contribution is 2.21. The van der Waals surface area contributed by atoms with E-state index in [-0.39, 0.29) is 0 Å². The van der Waals surface area contributed by atoms with Crippen LogP contribution in [-0.4, -0.2) is 27.5 Å². The number of hydrogen-bond donors (Lipinski definition) is 1. The molecule has 0 aliphatic heterocycles. The van der Waals surface area contributed by atoms with E-state index in [1.54, 1.807) is 12.4 Å². The van der Waals surface area contributed by atoms with Gasteiger partial charge in [-0.1, -0.05) is 11.8 Å². The van der Waals surface area contributed by atoms with E-state index in [1.807, 2.05) is 12.1 Å². The van der Waals surface area contributed by atoms with Gasteiger partial charge < -0.3 is 10.2 Å². The average molecular weight is 223 g/mol. The van der Waals surface area contributed by atoms with E-state index in [2.05, 4.69) is 20.9 Å². The predicted octanol–water partition coefficient (Wildman–Crippen LogP) is 0.466. The third-order valence-corrected chi connectivity index (χ3v) is 2.61. The van der Waals surface area contributed by atoms with Gasteiger partial charge in [-0.15, -0.1) is 10.2 Å². The van der Waals surface area contributed by atoms with Gasteiger partial charge in [0.25, 0.3) is 5.22 Å². The summed E-state index contributed by atoms with van der Waals surface area (Å²) in [4.78, 5) is 3.92. The minimum absolute atomic E-state index is 0.531. The fraction of sp³-hybridized carbons (Fsp3) is 0.222. The summed E-state index contributed by atoms with van der Waals surface area (Å²) < 4.78 is 5.46. The van der Waals surface area contributed by atoms with Crippen LogP contribution in [0, 0.1) is 0 Å². The Bertz CT molecular complexity index is 417. The van der Waals surface area contributed by atoms with Gasteiger partial charge in [0.1, 0.15) is 0 Å². The second-order valence-electron chi connectivity index (χ2n) is 2.81. The molecule has 0 aromatic carbocycles. The highest BCUT2D eigenvalue weighted by Gasteiger charge is 2.07. The molecular formula is C9H11N4OS+. The van der Waals surface area contributed by atoms with E-state index >= 15 is 0 Å². The zero-order valence-corrected chi connectivity index (χ0v) is 8.91. The monoisotopic (exact) mass is 223 g/mol. The van der Waals surface area contributed by atoms with Crippen LogP contribution in [0.4, 0.5) is 0 Å². The van der Waals surface area contributed by atoms with E-state index in [9.17, 15) is 0 Å². The molecule has 2 rings (SSSR count). The van der Waals surface area contributed by atoms with Crippen molar-refractivity contribution in [3.8, 4) is 11.5 Å². The molecule has 2 aromatic rings. The minimum atomic E-state index is 0.531. The molecule has 0 atom stereocenters. The maximum Gasteiger partial charge on any atom is 0.277 e. The third-order valence-electron chi connectivity index (χ3n) is 1.70. The van der Waals surface area contributed by atoms with Gasteiger partial charge in [0.05, 0.1) is 12.3 Å². The van der Waals surface area contributed by atoms with Crippen molar-refractivity contribution in [2.24, 2.45) is 0 Å². The average Bonchev–Trinajstić information content (AvgIpc) is 2.76. The van der Waals surface area contributed by atoms with Crippen molar-refractivity contribution in [1.29, 1.82) is 0 Å². The summed E-state index contributed by atoms with van der Waals surface area (Å²) >= 11 is 1.52. The smallest absolute Gasteiger partial charge is 0.277 e. The lowest BCUT2D eigenvalue weighted by Gasteiger charge is -1.91. The number of hydrogen-bond acceptors (Lipinski definition) is 5. The Hall–Kier alpha value is -1.40. The van der Waals surface area contributed by atoms with Crippen LogP contribution in [0.15, 0.2) is 34.2 Å². The molecule has 6 heteroatoms. The molecule has 0 aliphatic rings. The van der Waals surface area contributed by atoms with Crippen LogP contribution in [0.1, 0.15) is 0 Å². The summed E-state index contributed by atoms with van der Waals surface area (Å²) in [6, 6.07) is 3.67. The fourth-order valence-electron chi connectivity index (χ4n) is 1.04. The first-order valence-corrected chi connectivity index (χ1v) is 5.54. The Balaban J connectivity index is 2.14. The Morgan fingerprint density at radius 3 is 2.80 bits per heavy atom. The molecule has 0 saturated heterocycles. The molecule has 2 aromatic heterocycles. The molecule has 78 valence electrons. The quantitative estimate of drug-likeness (QED) is 0.762. The van der Waals surface area contributed by atoms with Crippen LogP contribution < -0.4 is 5.73 Å². The van der Waals surface area contributed by atoms with E-state index in [0.717, 1.165) is 17.9 Å². The van der Waals surface area contributed by atoms with Crippen LogP contribution in [0.3, 0.4) is 0 Å². The van der Waals surface area contributed by atoms with Crippen molar-refractivity contribution in [2.75, 3.05) is 12.3 Å². The van der Waals surface area contributed by atoms with Gasteiger partial charge in [0.15, 0.2) is 0 Å². The van der Waals surface area contributed by atoms with Crippen LogP contribution in [0.2, 0.25) is 0 Å². The standard InChI is InChI=1S/C9H10N4OS/c10-3-6-15-9-13-12-8(14-9)7-1-4-11-5-2-7/h1-2,4-5H,3,6,10H2/p+1. The highest BCUT2D eigenvalue weighted by atomic mass is 32.2. The summed E-state index contributed by atoms with van der Waals surface area (Å²) in [5.74, 6) is 1.42. The van der Waals surface area contributed by atoms with Crippen LogP contribution in [0.25, 0.3) is 11.5 Å². The molecular weight excluding hydrogens is 212 g/mol. The molecule has 0 fully saturated rings. The van der Waals surface area contributed by atoms with E-state index in [4.69, 9.17) is 4.42 Å². The minimum Gasteiger partial charge on any atom is -0.411 e. The second kappa shape index (κ2) is 4.90. The van der Waals surface area contributed by atoms with Gasteiger partial charge in [-0.3, -0.25) is 4.98 Å². The number of rotatable bonds is 4. The maximum absolute atomic E-state index is 5.46. The van der Waals surface area contributed by atoms with Crippen molar-refractivity contribution in [1.82, 2.24) is 15.2 Å². The molecule has 5 nitrogen and oxygen atoms in total. The Morgan fingerprint density at radius 1 is 1.27 bits per heavy atom. The first-order valence-electron chi connectivity index (χ1n) is 4.56. The second-order valence-corrected chi connectivity index (χ2v) is 3.86. The third kappa shape index (κ3) is 2.54. The Kier molecular flexibility index (Phi) is 3.31. The molecule has 0 bridgehead atoms. The van der Waals surface area contributed by atoms with Crippen molar-refractivity contribution < 1.29 is 10.2 Å². The predicted molar refractivity (Wildman–Crippen MR) is 56.0 cm³/mol. The summed E-state index contributed by atoms with van der Waals surface area (Å²) in [6.07, 6.45) is 3.39. The molecule has 0 spiro atoms. The zero-order valence-electron chi connectivity index (χ0n) is 8.09. The van der Waals surface area contributed by atoms with Crippen molar-refractivity contribution >= 4 is 11.8 Å². The van der Waals surface area contributed by atoms with Gasteiger partial charge >= 0.3 is 0 Å². The van der Waals surface area contributed by atoms with Gasteiger partial charge in [0.2, 0.25) is 5.89 Å². The molecule has 0 aliphatic carbocycles. The van der Waals surface area contributed by atoms with Crippen LogP contribution in [-0.2, 0) is 0 Å². The molecule has 15 heavy (non-hydrogen) atoms. The lowest BCUT2D eigenvalue weighted by atomic mass is 10.3. The number of nitrogens with zero attached hydrogens (tertiary/aromatic N) is 3. The van der Waals surface area contributed by atoms with Crippen molar-refractivity contribution in [2.45, 2.75) is 5.22 Å². The van der Waals surface area contributed by atoms with E-state index in [1.165, 1.54) is 11.8 Å². The largest absolute Gasteiger partial charge is 0.411 e.